The topological polar surface area (TPSA) is 64.9 Å². The number of nitrogens with two attached hydrogens (primary N) is 2. The quantitative estimate of drug-likeness (QED) is 0.724. The van der Waals surface area contributed by atoms with Crippen LogP contribution >= 0.6 is 11.6 Å². The Morgan fingerprint density at radius 3 is 2.73 bits per heavy atom. The van der Waals surface area contributed by atoms with Crippen molar-refractivity contribution in [3.05, 3.63) is 28.7 Å². The summed E-state index contributed by atoms with van der Waals surface area (Å²) in [6.45, 7) is 1.62. The Labute approximate surface area is 90.8 Å². The van der Waals surface area contributed by atoms with Gasteiger partial charge in [0, 0.05) is 5.39 Å². The van der Waals surface area contributed by atoms with Gasteiger partial charge in [0.25, 0.3) is 0 Å². The minimum absolute atomic E-state index is 0.236. The van der Waals surface area contributed by atoms with Gasteiger partial charge in [-0.05, 0) is 18.6 Å². The van der Waals surface area contributed by atoms with Crippen molar-refractivity contribution in [1.29, 1.82) is 0 Å². The van der Waals surface area contributed by atoms with Crippen LogP contribution in [0, 0.1) is 12.7 Å². The minimum Gasteiger partial charge on any atom is -0.396 e. The molecule has 0 bridgehead atoms. The Hall–Kier alpha value is -1.55. The fourth-order valence-corrected chi connectivity index (χ4v) is 1.75. The van der Waals surface area contributed by atoms with Crippen molar-refractivity contribution < 1.29 is 4.39 Å². The maximum Gasteiger partial charge on any atom is 0.128 e. The second kappa shape index (κ2) is 3.24. The van der Waals surface area contributed by atoms with Crippen molar-refractivity contribution in [3.8, 4) is 0 Å². The molecule has 0 unspecified atom stereocenters. The highest BCUT2D eigenvalue weighted by Gasteiger charge is 2.13. The summed E-state index contributed by atoms with van der Waals surface area (Å²) in [6, 6.07) is 1.22. The molecule has 0 spiro atoms. The van der Waals surface area contributed by atoms with Gasteiger partial charge in [0.05, 0.1) is 28.1 Å². The lowest BCUT2D eigenvalue weighted by molar-refractivity contribution is 0.621. The normalized spacial score (nSPS) is 10.9. The SMILES string of the molecule is Cc1c(F)cc(Cl)c2ncc(N)c(N)c12. The van der Waals surface area contributed by atoms with Gasteiger partial charge in [-0.15, -0.1) is 0 Å². The van der Waals surface area contributed by atoms with Gasteiger partial charge in [-0.2, -0.15) is 0 Å². The first kappa shape index (κ1) is 9.98. The highest BCUT2D eigenvalue weighted by atomic mass is 35.5. The number of hydrogen-bond donors (Lipinski definition) is 2. The summed E-state index contributed by atoms with van der Waals surface area (Å²) in [5, 5.41) is 0.722. The van der Waals surface area contributed by atoms with Crippen LogP contribution in [0.15, 0.2) is 12.3 Å². The highest BCUT2D eigenvalue weighted by Crippen LogP contribution is 2.33. The molecule has 3 nitrogen and oxygen atoms in total. The predicted molar refractivity (Wildman–Crippen MR) is 60.3 cm³/mol. The Morgan fingerprint density at radius 2 is 2.07 bits per heavy atom. The first-order chi connectivity index (χ1) is 7.02. The number of rotatable bonds is 0. The zero-order chi connectivity index (χ0) is 11.2. The molecule has 2 rings (SSSR count). The molecule has 4 N–H and O–H groups in total. The van der Waals surface area contributed by atoms with E-state index in [2.05, 4.69) is 4.98 Å². The summed E-state index contributed by atoms with van der Waals surface area (Å²) in [5.74, 6) is -0.411. The molecule has 0 saturated heterocycles. The summed E-state index contributed by atoms with van der Waals surface area (Å²) < 4.78 is 13.4. The van der Waals surface area contributed by atoms with Gasteiger partial charge in [-0.1, -0.05) is 11.6 Å². The van der Waals surface area contributed by atoms with Crippen LogP contribution in [-0.2, 0) is 0 Å². The Kier molecular flexibility index (Phi) is 2.16. The minimum atomic E-state index is -0.411. The van der Waals surface area contributed by atoms with E-state index < -0.39 is 5.82 Å². The van der Waals surface area contributed by atoms with Crippen molar-refractivity contribution in [3.63, 3.8) is 0 Å². The second-order valence-electron chi connectivity index (χ2n) is 3.32. The summed E-state index contributed by atoms with van der Waals surface area (Å²) in [6.07, 6.45) is 1.42. The van der Waals surface area contributed by atoms with E-state index in [0.717, 1.165) is 0 Å². The summed E-state index contributed by atoms with van der Waals surface area (Å²) in [4.78, 5) is 4.04. The molecule has 1 aromatic heterocycles. The van der Waals surface area contributed by atoms with E-state index in [9.17, 15) is 4.39 Å². The van der Waals surface area contributed by atoms with Gasteiger partial charge in [0.1, 0.15) is 5.82 Å². The van der Waals surface area contributed by atoms with Crippen molar-refractivity contribution in [2.24, 2.45) is 0 Å². The largest absolute Gasteiger partial charge is 0.396 e. The molecular formula is C10H9ClFN3. The number of nitrogen functional groups attached to an aromatic ring is 2. The third kappa shape index (κ3) is 1.37. The first-order valence-electron chi connectivity index (χ1n) is 4.30. The standard InChI is InChI=1S/C10H9ClFN3/c1-4-6(12)2-5(11)10-8(4)9(14)7(13)3-15-10/h2-3H,13H2,1H3,(H2,14,15). The van der Waals surface area contributed by atoms with Crippen LogP contribution in [0.2, 0.25) is 5.02 Å². The Balaban J connectivity index is 3.04. The monoisotopic (exact) mass is 225 g/mol. The van der Waals surface area contributed by atoms with Crippen LogP contribution in [0.5, 0.6) is 0 Å². The van der Waals surface area contributed by atoms with Gasteiger partial charge >= 0.3 is 0 Å². The van der Waals surface area contributed by atoms with Crippen molar-refractivity contribution >= 4 is 33.9 Å². The van der Waals surface area contributed by atoms with E-state index in [4.69, 9.17) is 23.1 Å². The lowest BCUT2D eigenvalue weighted by Gasteiger charge is -2.09. The average Bonchev–Trinajstić information content (AvgIpc) is 2.19. The number of aromatic nitrogens is 1. The number of halogens is 2. The molecule has 0 amide bonds. The molecular weight excluding hydrogens is 217 g/mol. The van der Waals surface area contributed by atoms with Crippen LogP contribution in [0.3, 0.4) is 0 Å². The van der Waals surface area contributed by atoms with E-state index in [-0.39, 0.29) is 5.02 Å². The van der Waals surface area contributed by atoms with Gasteiger partial charge in [-0.25, -0.2) is 4.39 Å². The Bertz CT molecular complexity index is 546. The number of hydrogen-bond acceptors (Lipinski definition) is 3. The van der Waals surface area contributed by atoms with Gasteiger partial charge in [0.2, 0.25) is 0 Å². The molecule has 0 aliphatic rings. The van der Waals surface area contributed by atoms with Crippen LogP contribution in [-0.4, -0.2) is 4.98 Å². The maximum absolute atomic E-state index is 13.4. The zero-order valence-electron chi connectivity index (χ0n) is 8.01. The molecule has 2 aromatic rings. The smallest absolute Gasteiger partial charge is 0.128 e. The third-order valence-electron chi connectivity index (χ3n) is 2.36. The third-order valence-corrected chi connectivity index (χ3v) is 2.65. The van der Waals surface area contributed by atoms with Crippen LogP contribution < -0.4 is 11.5 Å². The Morgan fingerprint density at radius 1 is 1.40 bits per heavy atom. The zero-order valence-corrected chi connectivity index (χ0v) is 8.77. The van der Waals surface area contributed by atoms with Gasteiger partial charge in [0.15, 0.2) is 0 Å². The molecule has 0 fully saturated rings. The number of pyridine rings is 1. The number of fused-ring (bicyclic) bond motifs is 1. The van der Waals surface area contributed by atoms with E-state index >= 15 is 0 Å². The van der Waals surface area contributed by atoms with E-state index in [1.165, 1.54) is 12.3 Å². The van der Waals surface area contributed by atoms with Crippen LogP contribution in [0.4, 0.5) is 15.8 Å². The maximum atomic E-state index is 13.4. The molecule has 5 heteroatoms. The molecule has 0 saturated carbocycles. The number of aryl methyl sites for hydroxylation is 1. The van der Waals surface area contributed by atoms with E-state index in [1.54, 1.807) is 6.92 Å². The summed E-state index contributed by atoms with van der Waals surface area (Å²) >= 11 is 5.86. The van der Waals surface area contributed by atoms with Crippen LogP contribution in [0.25, 0.3) is 10.9 Å². The average molecular weight is 226 g/mol. The summed E-state index contributed by atoms with van der Waals surface area (Å²) in [5.41, 5.74) is 12.9. The number of nitrogens with zero attached hydrogens (tertiary/aromatic N) is 1. The molecule has 78 valence electrons. The molecule has 1 aromatic carbocycles. The second-order valence-corrected chi connectivity index (χ2v) is 3.72. The first-order valence-corrected chi connectivity index (χ1v) is 4.68. The molecule has 0 radical (unpaired) electrons. The fraction of sp³-hybridized carbons (Fsp3) is 0.100. The van der Waals surface area contributed by atoms with Crippen LogP contribution in [0.1, 0.15) is 5.56 Å². The number of anilines is 2. The molecule has 1 heterocycles. The van der Waals surface area contributed by atoms with Crippen molar-refractivity contribution in [2.75, 3.05) is 11.5 Å². The van der Waals surface area contributed by atoms with E-state index in [1.807, 2.05) is 0 Å². The fourth-order valence-electron chi connectivity index (χ4n) is 1.51. The lowest BCUT2D eigenvalue weighted by atomic mass is 10.1. The van der Waals surface area contributed by atoms with Gasteiger partial charge in [-0.3, -0.25) is 4.98 Å². The predicted octanol–water partition coefficient (Wildman–Crippen LogP) is 2.50. The van der Waals surface area contributed by atoms with Crippen molar-refractivity contribution in [2.45, 2.75) is 6.92 Å². The highest BCUT2D eigenvalue weighted by molar-refractivity contribution is 6.35. The molecule has 0 atom stereocenters. The molecule has 0 aliphatic carbocycles. The number of benzene rings is 1. The summed E-state index contributed by atoms with van der Waals surface area (Å²) in [7, 11) is 0. The lowest BCUT2D eigenvalue weighted by Crippen LogP contribution is -2.00. The van der Waals surface area contributed by atoms with E-state index in [0.29, 0.717) is 27.8 Å². The molecule has 0 aliphatic heterocycles. The van der Waals surface area contributed by atoms with Crippen molar-refractivity contribution in [1.82, 2.24) is 4.98 Å². The van der Waals surface area contributed by atoms with Gasteiger partial charge < -0.3 is 11.5 Å². The molecule has 15 heavy (non-hydrogen) atoms.